The van der Waals surface area contributed by atoms with Crippen molar-refractivity contribution in [1.29, 1.82) is 0 Å². The maximum Gasteiger partial charge on any atom is 0.418 e. The number of halogens is 3. The minimum absolute atomic E-state index is 0. The lowest BCUT2D eigenvalue weighted by atomic mass is 10.0. The zero-order valence-corrected chi connectivity index (χ0v) is 17.7. The van der Waals surface area contributed by atoms with E-state index in [0.29, 0.717) is 42.6 Å². The summed E-state index contributed by atoms with van der Waals surface area (Å²) >= 11 is 0. The Morgan fingerprint density at radius 3 is 2.73 bits per heavy atom. The summed E-state index contributed by atoms with van der Waals surface area (Å²) in [6, 6.07) is 4.11. The van der Waals surface area contributed by atoms with Gasteiger partial charge in [0.2, 0.25) is 5.78 Å². The minimum Gasteiger partial charge on any atom is -0.354 e. The first-order chi connectivity index (χ1) is 14.1. The van der Waals surface area contributed by atoms with Crippen LogP contribution in [0.1, 0.15) is 56.0 Å². The summed E-state index contributed by atoms with van der Waals surface area (Å²) in [6.07, 6.45) is -2.14. The first-order valence-corrected chi connectivity index (χ1v) is 10.1. The summed E-state index contributed by atoms with van der Waals surface area (Å²) in [7, 11) is 0. The monoisotopic (exact) mass is 424 g/mol. The molecule has 0 aliphatic carbocycles. The number of nitrogens with one attached hydrogen (secondary N) is 1. The largest absolute Gasteiger partial charge is 0.418 e. The fourth-order valence-corrected chi connectivity index (χ4v) is 3.78. The van der Waals surface area contributed by atoms with Gasteiger partial charge in [0.15, 0.2) is 0 Å². The van der Waals surface area contributed by atoms with E-state index in [1.54, 1.807) is 26.1 Å². The van der Waals surface area contributed by atoms with Crippen LogP contribution in [0, 0.1) is 19.8 Å². The second kappa shape index (κ2) is 8.71. The summed E-state index contributed by atoms with van der Waals surface area (Å²) in [6.45, 7) is 9.58. The summed E-state index contributed by atoms with van der Waals surface area (Å²) in [5.74, 6) is 0.128. The van der Waals surface area contributed by atoms with E-state index in [4.69, 9.17) is 0 Å². The topological polar surface area (TPSA) is 58.1 Å². The van der Waals surface area contributed by atoms with Gasteiger partial charge in [0.05, 0.1) is 5.56 Å². The minimum atomic E-state index is -4.68. The van der Waals surface area contributed by atoms with E-state index in [1.807, 2.05) is 4.90 Å². The van der Waals surface area contributed by atoms with Gasteiger partial charge in [0.25, 0.3) is 0 Å². The molecule has 166 valence electrons. The molecule has 2 aromatic heterocycles. The van der Waals surface area contributed by atoms with Crippen molar-refractivity contribution in [3.63, 3.8) is 0 Å². The lowest BCUT2D eigenvalue weighted by Crippen LogP contribution is -2.51. The van der Waals surface area contributed by atoms with Gasteiger partial charge in [-0.1, -0.05) is 13.8 Å². The molecular formula is C22H31F3N4O. The molecule has 3 heterocycles. The normalized spacial score (nSPS) is 17.5. The Balaban J connectivity index is 0.00000256. The molecule has 1 fully saturated rings. The molecule has 8 heteroatoms. The number of aromatic nitrogens is 2. The number of piperazine rings is 1. The number of pyridine rings is 2. The first-order valence-electron chi connectivity index (χ1n) is 10.1. The summed E-state index contributed by atoms with van der Waals surface area (Å²) < 4.78 is 41.0. The molecule has 0 spiro atoms. The molecule has 1 aliphatic heterocycles. The molecule has 0 unspecified atom stereocenters. The Morgan fingerprint density at radius 1 is 1.33 bits per heavy atom. The van der Waals surface area contributed by atoms with Crippen LogP contribution in [0.5, 0.6) is 0 Å². The number of hydrogen-bond donors (Lipinski definition) is 1. The van der Waals surface area contributed by atoms with Crippen molar-refractivity contribution in [3.05, 3.63) is 52.5 Å². The standard InChI is InChI=1S/C22H27F3N4O.2H2/c1-13(2)9-16-12-29(8-7-26-16)19-6-5-18(22(23,24)25)20(28-19)21(30)17-10-14(3)11-27-15(17)4;;/h5-6,10-11,13,16,26H,7-9,12H2,1-4H3;2*1H/t16-;;/m0../s1. The van der Waals surface area contributed by atoms with Crippen LogP contribution in [0.2, 0.25) is 0 Å². The highest BCUT2D eigenvalue weighted by atomic mass is 19.4. The second-order valence-corrected chi connectivity index (χ2v) is 8.26. The predicted octanol–water partition coefficient (Wildman–Crippen LogP) is 4.66. The average molecular weight is 425 g/mol. The molecule has 0 bridgehead atoms. The predicted molar refractivity (Wildman–Crippen MR) is 114 cm³/mol. The van der Waals surface area contributed by atoms with Gasteiger partial charge in [-0.25, -0.2) is 4.98 Å². The van der Waals surface area contributed by atoms with Crippen LogP contribution < -0.4 is 10.2 Å². The Morgan fingerprint density at radius 2 is 2.07 bits per heavy atom. The lowest BCUT2D eigenvalue weighted by molar-refractivity contribution is -0.138. The van der Waals surface area contributed by atoms with Crippen LogP contribution in [0.4, 0.5) is 19.0 Å². The highest BCUT2D eigenvalue weighted by Gasteiger charge is 2.37. The molecule has 1 aliphatic rings. The fourth-order valence-electron chi connectivity index (χ4n) is 3.78. The Labute approximate surface area is 177 Å². The molecule has 1 N–H and O–H groups in total. The molecule has 0 radical (unpaired) electrons. The van der Waals surface area contributed by atoms with E-state index in [9.17, 15) is 18.0 Å². The highest BCUT2D eigenvalue weighted by Crippen LogP contribution is 2.34. The second-order valence-electron chi connectivity index (χ2n) is 8.26. The van der Waals surface area contributed by atoms with Gasteiger partial charge < -0.3 is 10.2 Å². The van der Waals surface area contributed by atoms with E-state index >= 15 is 0 Å². The third-order valence-corrected chi connectivity index (χ3v) is 5.20. The zero-order chi connectivity index (χ0) is 22.1. The van der Waals surface area contributed by atoms with Gasteiger partial charge in [-0.3, -0.25) is 9.78 Å². The van der Waals surface area contributed by atoms with Crippen LogP contribution in [0.3, 0.4) is 0 Å². The van der Waals surface area contributed by atoms with Crippen molar-refractivity contribution in [3.8, 4) is 0 Å². The van der Waals surface area contributed by atoms with E-state index in [1.165, 1.54) is 6.07 Å². The zero-order valence-electron chi connectivity index (χ0n) is 17.7. The number of alkyl halides is 3. The van der Waals surface area contributed by atoms with Crippen LogP contribution in [0.15, 0.2) is 24.4 Å². The smallest absolute Gasteiger partial charge is 0.354 e. The van der Waals surface area contributed by atoms with Crippen molar-refractivity contribution >= 4 is 11.6 Å². The van der Waals surface area contributed by atoms with Crippen molar-refractivity contribution < 1.29 is 20.8 Å². The first kappa shape index (κ1) is 22.2. The Hall–Kier alpha value is -2.48. The molecule has 30 heavy (non-hydrogen) atoms. The molecule has 0 saturated carbocycles. The number of nitrogens with zero attached hydrogens (tertiary/aromatic N) is 3. The molecule has 1 saturated heterocycles. The third kappa shape index (κ3) is 4.98. The summed E-state index contributed by atoms with van der Waals surface area (Å²) in [5, 5.41) is 3.44. The average Bonchev–Trinajstić information content (AvgIpc) is 2.68. The van der Waals surface area contributed by atoms with Gasteiger partial charge in [0, 0.05) is 46.0 Å². The Kier molecular flexibility index (Phi) is 6.45. The van der Waals surface area contributed by atoms with Gasteiger partial charge in [-0.05, 0) is 49.9 Å². The number of rotatable bonds is 5. The van der Waals surface area contributed by atoms with Crippen LogP contribution >= 0.6 is 0 Å². The Bertz CT molecular complexity index is 938. The van der Waals surface area contributed by atoms with E-state index in [0.717, 1.165) is 12.5 Å². The van der Waals surface area contributed by atoms with Crippen molar-refractivity contribution in [2.75, 3.05) is 24.5 Å². The van der Waals surface area contributed by atoms with Gasteiger partial charge in [0.1, 0.15) is 11.5 Å². The maximum atomic E-state index is 13.7. The number of carbonyl (C=O) groups is 1. The van der Waals surface area contributed by atoms with E-state index in [2.05, 4.69) is 29.1 Å². The molecule has 0 aromatic carbocycles. The molecule has 1 atom stereocenters. The molecule has 0 amide bonds. The third-order valence-electron chi connectivity index (χ3n) is 5.20. The quantitative estimate of drug-likeness (QED) is 0.708. The summed E-state index contributed by atoms with van der Waals surface area (Å²) in [5.41, 5.74) is -0.374. The van der Waals surface area contributed by atoms with Crippen LogP contribution in [0.25, 0.3) is 0 Å². The summed E-state index contributed by atoms with van der Waals surface area (Å²) in [4.78, 5) is 23.4. The SMILES string of the molecule is Cc1cnc(C)c(C(=O)c2nc(N3CCN[C@@H](CC(C)C)C3)ccc2C(F)(F)F)c1.[HH].[HH]. The van der Waals surface area contributed by atoms with Gasteiger partial charge >= 0.3 is 6.18 Å². The molecule has 5 nitrogen and oxygen atoms in total. The van der Waals surface area contributed by atoms with Crippen molar-refractivity contribution in [2.24, 2.45) is 5.92 Å². The molecule has 2 aromatic rings. The van der Waals surface area contributed by atoms with Crippen LogP contribution in [-0.2, 0) is 6.18 Å². The van der Waals surface area contributed by atoms with Gasteiger partial charge in [-0.15, -0.1) is 0 Å². The van der Waals surface area contributed by atoms with E-state index < -0.39 is 23.2 Å². The number of aryl methyl sites for hydroxylation is 2. The fraction of sp³-hybridized carbons (Fsp3) is 0.500. The van der Waals surface area contributed by atoms with E-state index in [-0.39, 0.29) is 14.5 Å². The number of carbonyl (C=O) groups excluding carboxylic acids is 1. The number of hydrogen-bond acceptors (Lipinski definition) is 5. The lowest BCUT2D eigenvalue weighted by Gasteiger charge is -2.35. The van der Waals surface area contributed by atoms with Crippen molar-refractivity contribution in [2.45, 2.75) is 46.3 Å². The van der Waals surface area contributed by atoms with Crippen molar-refractivity contribution in [1.82, 2.24) is 15.3 Å². The molecular weight excluding hydrogens is 393 g/mol. The highest BCUT2D eigenvalue weighted by molar-refractivity contribution is 6.09. The van der Waals surface area contributed by atoms with Crippen LogP contribution in [-0.4, -0.2) is 41.4 Å². The van der Waals surface area contributed by atoms with Gasteiger partial charge in [-0.2, -0.15) is 13.2 Å². The molecule has 3 rings (SSSR count). The number of ketones is 1. The maximum absolute atomic E-state index is 13.7. The number of anilines is 1.